The number of aliphatic hydroxyl groups is 1. The lowest BCUT2D eigenvalue weighted by molar-refractivity contribution is 0.0465. The third kappa shape index (κ3) is 4.44. The molecule has 2 heterocycles. The number of piperidine rings is 1. The average molecular weight is 306 g/mol. The van der Waals surface area contributed by atoms with E-state index >= 15 is 0 Å². The summed E-state index contributed by atoms with van der Waals surface area (Å²) in [6.07, 6.45) is 3.09. The number of nitrogens with zero attached hydrogens (tertiary/aromatic N) is 2. The van der Waals surface area contributed by atoms with Gasteiger partial charge in [-0.2, -0.15) is 0 Å². The highest BCUT2D eigenvalue weighted by atomic mass is 16.5. The molecule has 1 amide bonds. The maximum Gasteiger partial charge on any atom is 0.255 e. The van der Waals surface area contributed by atoms with Crippen molar-refractivity contribution in [2.45, 2.75) is 52.2 Å². The van der Waals surface area contributed by atoms with Crippen LogP contribution in [0.15, 0.2) is 18.3 Å². The third-order valence-corrected chi connectivity index (χ3v) is 3.82. The second-order valence-corrected chi connectivity index (χ2v) is 6.99. The first-order valence-corrected chi connectivity index (χ1v) is 7.88. The summed E-state index contributed by atoms with van der Waals surface area (Å²) in [6.45, 7) is 9.00. The molecule has 0 aromatic carbocycles. The number of hydrogen-bond acceptors (Lipinski definition) is 4. The van der Waals surface area contributed by atoms with Crippen LogP contribution in [-0.4, -0.2) is 45.7 Å². The van der Waals surface area contributed by atoms with Gasteiger partial charge in [0.05, 0.1) is 11.7 Å². The van der Waals surface area contributed by atoms with Crippen LogP contribution in [0.5, 0.6) is 5.88 Å². The van der Waals surface area contributed by atoms with Gasteiger partial charge in [0.25, 0.3) is 5.91 Å². The second-order valence-electron chi connectivity index (χ2n) is 6.99. The van der Waals surface area contributed by atoms with E-state index in [0.717, 1.165) is 19.4 Å². The first kappa shape index (κ1) is 16.7. The van der Waals surface area contributed by atoms with Crippen LogP contribution in [0.1, 0.15) is 50.9 Å². The summed E-state index contributed by atoms with van der Waals surface area (Å²) < 4.78 is 5.66. The minimum absolute atomic E-state index is 0.0276. The molecule has 5 nitrogen and oxygen atoms in total. The molecule has 1 aliphatic rings. The molecule has 1 aliphatic heterocycles. The maximum atomic E-state index is 12.5. The van der Waals surface area contributed by atoms with E-state index in [4.69, 9.17) is 4.74 Å². The van der Waals surface area contributed by atoms with Crippen molar-refractivity contribution < 1.29 is 14.6 Å². The Morgan fingerprint density at radius 3 is 2.73 bits per heavy atom. The van der Waals surface area contributed by atoms with Crippen LogP contribution in [0, 0.1) is 5.92 Å². The van der Waals surface area contributed by atoms with Crippen LogP contribution >= 0.6 is 0 Å². The smallest absolute Gasteiger partial charge is 0.255 e. The van der Waals surface area contributed by atoms with Gasteiger partial charge in [-0.15, -0.1) is 0 Å². The Morgan fingerprint density at radius 2 is 2.18 bits per heavy atom. The van der Waals surface area contributed by atoms with E-state index in [2.05, 4.69) is 4.98 Å². The summed E-state index contributed by atoms with van der Waals surface area (Å²) in [5.74, 6) is 0.652. The molecule has 0 spiro atoms. The molecule has 1 aromatic heterocycles. The van der Waals surface area contributed by atoms with Crippen molar-refractivity contribution in [3.8, 4) is 5.88 Å². The number of aromatic nitrogens is 1. The highest BCUT2D eigenvalue weighted by Crippen LogP contribution is 2.22. The average Bonchev–Trinajstić information content (AvgIpc) is 2.46. The maximum absolute atomic E-state index is 12.5. The van der Waals surface area contributed by atoms with Gasteiger partial charge < -0.3 is 14.7 Å². The summed E-state index contributed by atoms with van der Waals surface area (Å²) in [6, 6.07) is 3.48. The zero-order valence-corrected chi connectivity index (χ0v) is 13.9. The first-order chi connectivity index (χ1) is 10.3. The number of rotatable bonds is 3. The van der Waals surface area contributed by atoms with Gasteiger partial charge in [0.15, 0.2) is 0 Å². The van der Waals surface area contributed by atoms with Gasteiger partial charge in [-0.05, 0) is 46.6 Å². The number of ether oxygens (including phenoxy) is 1. The van der Waals surface area contributed by atoms with Crippen molar-refractivity contribution in [2.24, 2.45) is 5.92 Å². The predicted octanol–water partition coefficient (Wildman–Crippen LogP) is 2.49. The largest absolute Gasteiger partial charge is 0.472 e. The van der Waals surface area contributed by atoms with E-state index in [-0.39, 0.29) is 23.5 Å². The lowest BCUT2D eigenvalue weighted by Crippen LogP contribution is -2.43. The molecule has 1 saturated heterocycles. The van der Waals surface area contributed by atoms with Crippen LogP contribution in [0.4, 0.5) is 0 Å². The van der Waals surface area contributed by atoms with Crippen molar-refractivity contribution in [1.82, 2.24) is 9.88 Å². The topological polar surface area (TPSA) is 62.7 Å². The lowest BCUT2D eigenvalue weighted by Gasteiger charge is -2.34. The van der Waals surface area contributed by atoms with E-state index in [1.807, 2.05) is 25.7 Å². The molecule has 0 radical (unpaired) electrons. The van der Waals surface area contributed by atoms with Crippen molar-refractivity contribution in [3.05, 3.63) is 23.9 Å². The number of amides is 1. The van der Waals surface area contributed by atoms with Gasteiger partial charge in [0.2, 0.25) is 5.88 Å². The first-order valence-electron chi connectivity index (χ1n) is 7.88. The summed E-state index contributed by atoms with van der Waals surface area (Å²) >= 11 is 0. The standard InChI is InChI=1S/C17H26N2O3/c1-12(20)14-6-5-9-19(11-14)16(21)13-7-8-15(18-10-13)22-17(2,3)4/h7-8,10,12,14,20H,5-6,9,11H2,1-4H3. The Morgan fingerprint density at radius 1 is 1.45 bits per heavy atom. The normalized spacial score (nSPS) is 20.6. The fourth-order valence-corrected chi connectivity index (χ4v) is 2.65. The minimum atomic E-state index is -0.378. The number of likely N-dealkylation sites (tertiary alicyclic amines) is 1. The zero-order valence-electron chi connectivity index (χ0n) is 13.9. The van der Waals surface area contributed by atoms with Crippen molar-refractivity contribution in [1.29, 1.82) is 0 Å². The molecule has 2 atom stereocenters. The fourth-order valence-electron chi connectivity index (χ4n) is 2.65. The Hall–Kier alpha value is -1.62. The SMILES string of the molecule is CC(O)C1CCCN(C(=O)c2ccc(OC(C)(C)C)nc2)C1. The molecular weight excluding hydrogens is 280 g/mol. The van der Waals surface area contributed by atoms with Crippen molar-refractivity contribution in [2.75, 3.05) is 13.1 Å². The second kappa shape index (κ2) is 6.65. The molecule has 5 heteroatoms. The fraction of sp³-hybridized carbons (Fsp3) is 0.647. The number of pyridine rings is 1. The van der Waals surface area contributed by atoms with E-state index < -0.39 is 0 Å². The van der Waals surface area contributed by atoms with Crippen LogP contribution < -0.4 is 4.74 Å². The molecule has 2 unspecified atom stereocenters. The molecule has 122 valence electrons. The van der Waals surface area contributed by atoms with Crippen molar-refractivity contribution in [3.63, 3.8) is 0 Å². The molecule has 0 saturated carbocycles. The summed E-state index contributed by atoms with van der Waals surface area (Å²) in [5.41, 5.74) is 0.253. The van der Waals surface area contributed by atoms with Gasteiger partial charge in [0, 0.05) is 31.3 Å². The molecular formula is C17H26N2O3. The molecule has 1 aromatic rings. The van der Waals surface area contributed by atoms with E-state index in [1.165, 1.54) is 0 Å². The Kier molecular flexibility index (Phi) is 5.06. The molecule has 0 aliphatic carbocycles. The number of aliphatic hydroxyl groups excluding tert-OH is 1. The van der Waals surface area contributed by atoms with Crippen LogP contribution in [0.3, 0.4) is 0 Å². The van der Waals surface area contributed by atoms with E-state index in [9.17, 15) is 9.90 Å². The van der Waals surface area contributed by atoms with E-state index in [1.54, 1.807) is 25.3 Å². The minimum Gasteiger partial charge on any atom is -0.472 e. The summed E-state index contributed by atoms with van der Waals surface area (Å²) in [4.78, 5) is 18.6. The number of carbonyl (C=O) groups excluding carboxylic acids is 1. The highest BCUT2D eigenvalue weighted by Gasteiger charge is 2.27. The summed E-state index contributed by atoms with van der Waals surface area (Å²) in [7, 11) is 0. The zero-order chi connectivity index (χ0) is 16.3. The van der Waals surface area contributed by atoms with Crippen molar-refractivity contribution >= 4 is 5.91 Å². The Bertz CT molecular complexity index is 506. The highest BCUT2D eigenvalue weighted by molar-refractivity contribution is 5.94. The van der Waals surface area contributed by atoms with Gasteiger partial charge in [-0.3, -0.25) is 4.79 Å². The predicted molar refractivity (Wildman–Crippen MR) is 84.9 cm³/mol. The van der Waals surface area contributed by atoms with Gasteiger partial charge >= 0.3 is 0 Å². The number of carbonyl (C=O) groups is 1. The van der Waals surface area contributed by atoms with Gasteiger partial charge in [0.1, 0.15) is 5.60 Å². The van der Waals surface area contributed by atoms with Crippen LogP contribution in [-0.2, 0) is 0 Å². The van der Waals surface area contributed by atoms with Crippen LogP contribution in [0.25, 0.3) is 0 Å². The lowest BCUT2D eigenvalue weighted by atomic mass is 9.93. The molecule has 22 heavy (non-hydrogen) atoms. The molecule has 2 rings (SSSR count). The Labute approximate surface area is 132 Å². The molecule has 1 N–H and O–H groups in total. The van der Waals surface area contributed by atoms with Gasteiger partial charge in [-0.25, -0.2) is 4.98 Å². The molecule has 0 bridgehead atoms. The van der Waals surface area contributed by atoms with Crippen LogP contribution in [0.2, 0.25) is 0 Å². The monoisotopic (exact) mass is 306 g/mol. The molecule has 1 fully saturated rings. The van der Waals surface area contributed by atoms with Gasteiger partial charge in [-0.1, -0.05) is 0 Å². The quantitative estimate of drug-likeness (QED) is 0.932. The third-order valence-electron chi connectivity index (χ3n) is 3.82. The number of hydrogen-bond donors (Lipinski definition) is 1. The van der Waals surface area contributed by atoms with E-state index in [0.29, 0.717) is 18.0 Å². The summed E-state index contributed by atoms with van der Waals surface area (Å²) in [5, 5.41) is 9.72. The Balaban J connectivity index is 2.03.